The zero-order valence-corrected chi connectivity index (χ0v) is 18.2. The normalized spacial score (nSPS) is 15.6. The fourth-order valence-corrected chi connectivity index (χ4v) is 3.54. The maximum absolute atomic E-state index is 5.47. The summed E-state index contributed by atoms with van der Waals surface area (Å²) in [5.74, 6) is 1.88. The molecule has 0 bridgehead atoms. The van der Waals surface area contributed by atoms with E-state index < -0.39 is 0 Å². The van der Waals surface area contributed by atoms with Crippen LogP contribution in [0, 0.1) is 0 Å². The molecule has 1 aromatic rings. The van der Waals surface area contributed by atoms with E-state index in [9.17, 15) is 0 Å². The number of guanidine groups is 1. The molecule has 0 saturated carbocycles. The summed E-state index contributed by atoms with van der Waals surface area (Å²) in [6.07, 6.45) is 1.86. The Bertz CT molecular complexity index is 590. The molecule has 1 saturated heterocycles. The maximum atomic E-state index is 5.47. The van der Waals surface area contributed by atoms with Gasteiger partial charge in [0.15, 0.2) is 5.96 Å². The predicted molar refractivity (Wildman–Crippen MR) is 117 cm³/mol. The third-order valence-corrected chi connectivity index (χ3v) is 4.92. The third-order valence-electron chi connectivity index (χ3n) is 4.92. The van der Waals surface area contributed by atoms with E-state index in [0.29, 0.717) is 18.6 Å². The van der Waals surface area contributed by atoms with Crippen LogP contribution in [0.1, 0.15) is 40.2 Å². The van der Waals surface area contributed by atoms with Gasteiger partial charge >= 0.3 is 0 Å². The van der Waals surface area contributed by atoms with Crippen molar-refractivity contribution in [3.63, 3.8) is 0 Å². The van der Waals surface area contributed by atoms with Gasteiger partial charge in [0.25, 0.3) is 0 Å². The molecule has 0 amide bonds. The maximum Gasteiger partial charge on any atom is 0.191 e. The summed E-state index contributed by atoms with van der Waals surface area (Å²) < 4.78 is 5.47. The molecule has 7 heteroatoms. The van der Waals surface area contributed by atoms with Crippen molar-refractivity contribution in [3.8, 4) is 0 Å². The van der Waals surface area contributed by atoms with Crippen LogP contribution in [-0.4, -0.2) is 73.9 Å². The molecule has 2 N–H and O–H groups in total. The molecule has 158 valence electrons. The van der Waals surface area contributed by atoms with Gasteiger partial charge in [0, 0.05) is 56.6 Å². The Kier molecular flexibility index (Phi) is 9.50. The van der Waals surface area contributed by atoms with Crippen molar-refractivity contribution >= 4 is 11.8 Å². The fourth-order valence-electron chi connectivity index (χ4n) is 3.54. The lowest BCUT2D eigenvalue weighted by atomic mass is 10.2. The summed E-state index contributed by atoms with van der Waals surface area (Å²) in [5.41, 5.74) is 1.15. The lowest BCUT2D eigenvalue weighted by molar-refractivity contribution is 0.122. The van der Waals surface area contributed by atoms with E-state index >= 15 is 0 Å². The summed E-state index contributed by atoms with van der Waals surface area (Å²) in [4.78, 5) is 14.2. The van der Waals surface area contributed by atoms with Crippen molar-refractivity contribution in [2.45, 2.75) is 53.2 Å². The third kappa shape index (κ3) is 6.95. The second-order valence-corrected chi connectivity index (χ2v) is 7.63. The Labute approximate surface area is 170 Å². The van der Waals surface area contributed by atoms with Crippen LogP contribution < -0.4 is 15.5 Å². The van der Waals surface area contributed by atoms with Gasteiger partial charge in [-0.25, -0.2) is 9.98 Å². The van der Waals surface area contributed by atoms with Crippen molar-refractivity contribution < 1.29 is 4.74 Å². The molecule has 28 heavy (non-hydrogen) atoms. The molecule has 0 unspecified atom stereocenters. The first-order chi connectivity index (χ1) is 13.5. The summed E-state index contributed by atoms with van der Waals surface area (Å²) in [5, 5.41) is 6.82. The van der Waals surface area contributed by atoms with Crippen molar-refractivity contribution in [2.24, 2.45) is 4.99 Å². The molecular weight excluding hydrogens is 352 g/mol. The average molecular weight is 391 g/mol. The summed E-state index contributed by atoms with van der Waals surface area (Å²) >= 11 is 0. The smallest absolute Gasteiger partial charge is 0.191 e. The van der Waals surface area contributed by atoms with Crippen LogP contribution in [0.4, 0.5) is 5.82 Å². The largest absolute Gasteiger partial charge is 0.378 e. The molecule has 2 heterocycles. The van der Waals surface area contributed by atoms with Gasteiger partial charge in [-0.15, -0.1) is 0 Å². The molecular formula is C21H38N6O. The van der Waals surface area contributed by atoms with Crippen molar-refractivity contribution in [3.05, 3.63) is 23.9 Å². The van der Waals surface area contributed by atoms with E-state index in [1.807, 2.05) is 12.3 Å². The second-order valence-electron chi connectivity index (χ2n) is 7.63. The van der Waals surface area contributed by atoms with E-state index in [2.05, 4.69) is 66.1 Å². The molecule has 0 aromatic carbocycles. The van der Waals surface area contributed by atoms with Crippen LogP contribution >= 0.6 is 0 Å². The van der Waals surface area contributed by atoms with Gasteiger partial charge in [-0.2, -0.15) is 0 Å². The SMILES string of the molecule is CCNC(=NCc1cccnc1N1CCOCC1)NCCN(C(C)C)C(C)C. The number of morpholine rings is 1. The summed E-state index contributed by atoms with van der Waals surface area (Å²) in [6, 6.07) is 5.17. The number of nitrogens with zero attached hydrogens (tertiary/aromatic N) is 4. The molecule has 1 aliphatic rings. The molecule has 1 aliphatic heterocycles. The van der Waals surface area contributed by atoms with Crippen LogP contribution in [0.15, 0.2) is 23.3 Å². The molecule has 0 atom stereocenters. The van der Waals surface area contributed by atoms with Gasteiger partial charge < -0.3 is 20.3 Å². The lowest BCUT2D eigenvalue weighted by Gasteiger charge is -2.30. The highest BCUT2D eigenvalue weighted by atomic mass is 16.5. The van der Waals surface area contributed by atoms with Crippen molar-refractivity contribution in [2.75, 3.05) is 50.8 Å². The standard InChI is InChI=1S/C21H38N6O/c1-6-22-21(24-10-11-27(17(2)3)18(4)5)25-16-19-8-7-9-23-20(19)26-12-14-28-15-13-26/h7-9,17-18H,6,10-16H2,1-5H3,(H2,22,24,25). The Hall–Kier alpha value is -1.86. The zero-order chi connectivity index (χ0) is 20.4. The number of hydrogen-bond donors (Lipinski definition) is 2. The van der Waals surface area contributed by atoms with Crippen LogP contribution in [0.5, 0.6) is 0 Å². The first kappa shape index (κ1) is 22.4. The summed E-state index contributed by atoms with van der Waals surface area (Å²) in [7, 11) is 0. The van der Waals surface area contributed by atoms with Gasteiger partial charge in [0.1, 0.15) is 5.82 Å². The highest BCUT2D eigenvalue weighted by Gasteiger charge is 2.16. The van der Waals surface area contributed by atoms with E-state index in [1.165, 1.54) is 0 Å². The van der Waals surface area contributed by atoms with Gasteiger partial charge in [0.05, 0.1) is 19.8 Å². The molecule has 0 spiro atoms. The minimum Gasteiger partial charge on any atom is -0.378 e. The van der Waals surface area contributed by atoms with Gasteiger partial charge in [-0.3, -0.25) is 4.90 Å². The number of ether oxygens (including phenoxy) is 1. The number of hydrogen-bond acceptors (Lipinski definition) is 5. The average Bonchev–Trinajstić information content (AvgIpc) is 2.69. The predicted octanol–water partition coefficient (Wildman–Crippen LogP) is 2.09. The van der Waals surface area contributed by atoms with Crippen LogP contribution in [0.2, 0.25) is 0 Å². The van der Waals surface area contributed by atoms with Gasteiger partial charge in [-0.05, 0) is 40.7 Å². The molecule has 7 nitrogen and oxygen atoms in total. The van der Waals surface area contributed by atoms with E-state index in [4.69, 9.17) is 9.73 Å². The van der Waals surface area contributed by atoms with Crippen molar-refractivity contribution in [1.29, 1.82) is 0 Å². The molecule has 1 aromatic heterocycles. The Morgan fingerprint density at radius 1 is 1.21 bits per heavy atom. The number of aromatic nitrogens is 1. The summed E-state index contributed by atoms with van der Waals surface area (Å²) in [6.45, 7) is 17.6. The van der Waals surface area contributed by atoms with Crippen LogP contribution in [-0.2, 0) is 11.3 Å². The van der Waals surface area contributed by atoms with E-state index in [0.717, 1.165) is 63.3 Å². The fraction of sp³-hybridized carbons (Fsp3) is 0.714. The minimum absolute atomic E-state index is 0.535. The molecule has 2 rings (SSSR count). The number of anilines is 1. The van der Waals surface area contributed by atoms with E-state index in [-0.39, 0.29) is 0 Å². The second kappa shape index (κ2) is 11.9. The van der Waals surface area contributed by atoms with Crippen LogP contribution in [0.3, 0.4) is 0 Å². The number of pyridine rings is 1. The first-order valence-electron chi connectivity index (χ1n) is 10.6. The van der Waals surface area contributed by atoms with E-state index in [1.54, 1.807) is 0 Å². The topological polar surface area (TPSA) is 65.0 Å². The zero-order valence-electron chi connectivity index (χ0n) is 18.2. The first-order valence-corrected chi connectivity index (χ1v) is 10.6. The highest BCUT2D eigenvalue weighted by molar-refractivity contribution is 5.79. The van der Waals surface area contributed by atoms with Gasteiger partial charge in [-0.1, -0.05) is 6.07 Å². The molecule has 0 aliphatic carbocycles. The van der Waals surface area contributed by atoms with Crippen molar-refractivity contribution in [1.82, 2.24) is 20.5 Å². The molecule has 1 fully saturated rings. The number of aliphatic imine (C=N–C) groups is 1. The van der Waals surface area contributed by atoms with Gasteiger partial charge in [0.2, 0.25) is 0 Å². The Balaban J connectivity index is 1.98. The number of rotatable bonds is 9. The number of nitrogens with one attached hydrogen (secondary N) is 2. The highest BCUT2D eigenvalue weighted by Crippen LogP contribution is 2.19. The van der Waals surface area contributed by atoms with Crippen LogP contribution in [0.25, 0.3) is 0 Å². The molecule has 0 radical (unpaired) electrons. The minimum atomic E-state index is 0.535. The Morgan fingerprint density at radius 2 is 1.93 bits per heavy atom. The quantitative estimate of drug-likeness (QED) is 0.497. The monoisotopic (exact) mass is 390 g/mol. The Morgan fingerprint density at radius 3 is 2.57 bits per heavy atom. The lowest BCUT2D eigenvalue weighted by Crippen LogP contribution is -2.45.